The molecule has 0 bridgehead atoms. The number of rotatable bonds is 4. The van der Waals surface area contributed by atoms with Gasteiger partial charge in [-0.1, -0.05) is 23.7 Å². The fraction of sp³-hybridized carbons (Fsp3) is 0.471. The van der Waals surface area contributed by atoms with E-state index in [9.17, 15) is 0 Å². The predicted molar refractivity (Wildman–Crippen MR) is 87.5 cm³/mol. The summed E-state index contributed by atoms with van der Waals surface area (Å²) in [4.78, 5) is 0. The zero-order chi connectivity index (χ0) is 14.9. The third kappa shape index (κ3) is 2.93. The molecule has 1 aliphatic carbocycles. The average molecular weight is 318 g/mol. The summed E-state index contributed by atoms with van der Waals surface area (Å²) in [6.45, 7) is 1.76. The number of nitrogens with zero attached hydrogens (tertiary/aromatic N) is 2. The van der Waals surface area contributed by atoms with Gasteiger partial charge in [0.25, 0.3) is 0 Å². The van der Waals surface area contributed by atoms with E-state index in [1.165, 1.54) is 12.8 Å². The average Bonchev–Trinajstić information content (AvgIpc) is 3.25. The molecule has 1 atom stereocenters. The number of anilines is 1. The first-order chi connectivity index (χ1) is 10.8. The monoisotopic (exact) mass is 317 g/mol. The maximum atomic E-state index is 6.28. The molecule has 116 valence electrons. The van der Waals surface area contributed by atoms with E-state index in [1.54, 1.807) is 0 Å². The second-order valence-electron chi connectivity index (χ2n) is 6.24. The molecular weight excluding hydrogens is 298 g/mol. The molecule has 1 unspecified atom stereocenters. The Balaban J connectivity index is 1.54. The fourth-order valence-corrected chi connectivity index (χ4v) is 3.26. The Morgan fingerprint density at radius 1 is 1.32 bits per heavy atom. The molecular formula is C17H20ClN3O. The lowest BCUT2D eigenvalue weighted by Gasteiger charge is -2.19. The lowest BCUT2D eigenvalue weighted by Crippen LogP contribution is -2.10. The highest BCUT2D eigenvalue weighted by Crippen LogP contribution is 2.38. The zero-order valence-corrected chi connectivity index (χ0v) is 13.2. The largest absolute Gasteiger partial charge is 0.492 e. The van der Waals surface area contributed by atoms with Crippen molar-refractivity contribution in [1.82, 2.24) is 9.78 Å². The molecule has 2 heterocycles. The topological polar surface area (TPSA) is 39.1 Å². The second-order valence-corrected chi connectivity index (χ2v) is 6.65. The third-order valence-corrected chi connectivity index (χ3v) is 4.67. The minimum Gasteiger partial charge on any atom is -0.492 e. The van der Waals surface area contributed by atoms with Gasteiger partial charge in [-0.25, -0.2) is 0 Å². The van der Waals surface area contributed by atoms with Gasteiger partial charge in [0.15, 0.2) is 0 Å². The highest BCUT2D eigenvalue weighted by atomic mass is 35.5. The molecule has 0 spiro atoms. The Morgan fingerprint density at radius 2 is 2.23 bits per heavy atom. The van der Waals surface area contributed by atoms with Crippen LogP contribution in [0.2, 0.25) is 5.02 Å². The number of aromatic nitrogens is 2. The maximum Gasteiger partial charge on any atom is 0.143 e. The van der Waals surface area contributed by atoms with Gasteiger partial charge in [0.2, 0.25) is 0 Å². The van der Waals surface area contributed by atoms with E-state index < -0.39 is 0 Å². The van der Waals surface area contributed by atoms with Crippen molar-refractivity contribution in [2.45, 2.75) is 38.3 Å². The first kappa shape index (κ1) is 13.9. The van der Waals surface area contributed by atoms with Crippen LogP contribution in [0.3, 0.4) is 0 Å². The van der Waals surface area contributed by atoms with E-state index in [0.717, 1.165) is 48.9 Å². The highest BCUT2D eigenvalue weighted by molar-refractivity contribution is 6.32. The third-order valence-electron chi connectivity index (χ3n) is 4.37. The Labute approximate surface area is 135 Å². The van der Waals surface area contributed by atoms with E-state index in [2.05, 4.69) is 22.7 Å². The Kier molecular flexibility index (Phi) is 3.70. The molecule has 1 aromatic heterocycles. The molecule has 0 radical (unpaired) electrons. The summed E-state index contributed by atoms with van der Waals surface area (Å²) in [7, 11) is 0. The van der Waals surface area contributed by atoms with Gasteiger partial charge in [-0.3, -0.25) is 4.68 Å². The molecule has 2 aromatic rings. The summed E-state index contributed by atoms with van der Waals surface area (Å²) in [5.74, 6) is 1.66. The summed E-state index contributed by atoms with van der Waals surface area (Å²) in [5.41, 5.74) is 2.21. The van der Waals surface area contributed by atoms with E-state index in [-0.39, 0.29) is 6.04 Å². The van der Waals surface area contributed by atoms with E-state index >= 15 is 0 Å². The van der Waals surface area contributed by atoms with Crippen molar-refractivity contribution in [2.75, 3.05) is 11.9 Å². The first-order valence-electron chi connectivity index (χ1n) is 8.00. The molecule has 1 fully saturated rings. The van der Waals surface area contributed by atoms with Crippen LogP contribution in [-0.2, 0) is 6.54 Å². The summed E-state index contributed by atoms with van der Waals surface area (Å²) in [5, 5.41) is 8.74. The van der Waals surface area contributed by atoms with Gasteiger partial charge in [-0.15, -0.1) is 0 Å². The minimum atomic E-state index is 0.217. The van der Waals surface area contributed by atoms with Gasteiger partial charge >= 0.3 is 0 Å². The molecule has 1 saturated carbocycles. The molecule has 1 aliphatic heterocycles. The maximum absolute atomic E-state index is 6.28. The van der Waals surface area contributed by atoms with Crippen molar-refractivity contribution in [1.29, 1.82) is 0 Å². The number of fused-ring (bicyclic) bond motifs is 1. The summed E-state index contributed by atoms with van der Waals surface area (Å²) in [6.07, 6.45) is 8.75. The van der Waals surface area contributed by atoms with Gasteiger partial charge in [0, 0.05) is 18.3 Å². The number of nitrogens with one attached hydrogen (secondary N) is 1. The van der Waals surface area contributed by atoms with Crippen LogP contribution in [0.1, 0.15) is 37.3 Å². The number of para-hydroxylation sites is 1. The molecule has 0 amide bonds. The Hall–Kier alpha value is -1.68. The summed E-state index contributed by atoms with van der Waals surface area (Å²) in [6, 6.07) is 6.19. The van der Waals surface area contributed by atoms with Crippen LogP contribution < -0.4 is 10.1 Å². The van der Waals surface area contributed by atoms with Crippen LogP contribution in [-0.4, -0.2) is 16.4 Å². The Morgan fingerprint density at radius 3 is 3.09 bits per heavy atom. The van der Waals surface area contributed by atoms with Crippen LogP contribution >= 0.6 is 11.6 Å². The van der Waals surface area contributed by atoms with Crippen molar-refractivity contribution in [2.24, 2.45) is 5.92 Å². The molecule has 5 heteroatoms. The van der Waals surface area contributed by atoms with Crippen molar-refractivity contribution >= 4 is 17.3 Å². The van der Waals surface area contributed by atoms with Crippen LogP contribution in [0.15, 0.2) is 30.6 Å². The van der Waals surface area contributed by atoms with Crippen molar-refractivity contribution < 1.29 is 4.74 Å². The second kappa shape index (κ2) is 5.84. The van der Waals surface area contributed by atoms with E-state index in [1.807, 2.05) is 23.0 Å². The number of benzene rings is 1. The molecule has 2 aliphatic rings. The lowest BCUT2D eigenvalue weighted by atomic mass is 10.0. The fourth-order valence-electron chi connectivity index (χ4n) is 3.02. The molecule has 22 heavy (non-hydrogen) atoms. The van der Waals surface area contributed by atoms with Crippen LogP contribution in [0, 0.1) is 5.92 Å². The first-order valence-corrected chi connectivity index (χ1v) is 8.37. The number of ether oxygens (including phenoxy) is 1. The van der Waals surface area contributed by atoms with Crippen LogP contribution in [0.5, 0.6) is 5.75 Å². The molecule has 4 nitrogen and oxygen atoms in total. The zero-order valence-electron chi connectivity index (χ0n) is 12.5. The molecule has 1 aromatic carbocycles. The number of hydrogen-bond donors (Lipinski definition) is 1. The summed E-state index contributed by atoms with van der Waals surface area (Å²) >= 11 is 6.28. The van der Waals surface area contributed by atoms with Gasteiger partial charge in [0.1, 0.15) is 5.75 Å². The van der Waals surface area contributed by atoms with Gasteiger partial charge < -0.3 is 10.1 Å². The van der Waals surface area contributed by atoms with Crippen molar-refractivity contribution in [3.63, 3.8) is 0 Å². The molecule has 4 rings (SSSR count). The normalized spacial score (nSPS) is 20.9. The van der Waals surface area contributed by atoms with E-state index in [0.29, 0.717) is 5.02 Å². The van der Waals surface area contributed by atoms with Crippen LogP contribution in [0.25, 0.3) is 0 Å². The lowest BCUT2D eigenvalue weighted by molar-refractivity contribution is 0.316. The SMILES string of the molecule is Clc1cccc2c1OCCCC2Nc1cnn(CC2CC2)c1. The molecule has 0 saturated heterocycles. The quantitative estimate of drug-likeness (QED) is 0.915. The van der Waals surface area contributed by atoms with E-state index in [4.69, 9.17) is 16.3 Å². The Bertz CT molecular complexity index is 666. The predicted octanol–water partition coefficient (Wildman–Crippen LogP) is 4.27. The number of hydrogen-bond acceptors (Lipinski definition) is 3. The minimum absolute atomic E-state index is 0.217. The molecule has 1 N–H and O–H groups in total. The number of halogens is 1. The summed E-state index contributed by atoms with van der Waals surface area (Å²) < 4.78 is 7.87. The van der Waals surface area contributed by atoms with Gasteiger partial charge in [0.05, 0.1) is 29.6 Å². The van der Waals surface area contributed by atoms with Gasteiger partial charge in [-0.2, -0.15) is 5.10 Å². The smallest absolute Gasteiger partial charge is 0.143 e. The standard InChI is InChI=1S/C17H20ClN3O/c18-15-4-1-3-14-16(5-2-8-22-17(14)15)20-13-9-19-21(11-13)10-12-6-7-12/h1,3-4,9,11-12,16,20H,2,5-8,10H2. The van der Waals surface area contributed by atoms with Gasteiger partial charge in [-0.05, 0) is 37.7 Å². The van der Waals surface area contributed by atoms with Crippen molar-refractivity contribution in [3.05, 3.63) is 41.2 Å². The highest BCUT2D eigenvalue weighted by Gasteiger charge is 2.23. The van der Waals surface area contributed by atoms with Crippen LogP contribution in [0.4, 0.5) is 5.69 Å². The van der Waals surface area contributed by atoms with Crippen molar-refractivity contribution in [3.8, 4) is 5.75 Å².